The normalized spacial score (nSPS) is 20.2. The summed E-state index contributed by atoms with van der Waals surface area (Å²) in [5.41, 5.74) is 12.6. The van der Waals surface area contributed by atoms with E-state index in [0.717, 1.165) is 42.9 Å². The van der Waals surface area contributed by atoms with E-state index in [1.165, 1.54) is 6.42 Å². The molecule has 19 heavy (non-hydrogen) atoms. The largest absolute Gasteiger partial charge is 0.383 e. The first kappa shape index (κ1) is 12.3. The van der Waals surface area contributed by atoms with Gasteiger partial charge < -0.3 is 11.5 Å². The van der Waals surface area contributed by atoms with E-state index in [1.54, 1.807) is 0 Å². The maximum Gasteiger partial charge on any atom is 0.145 e. The van der Waals surface area contributed by atoms with Crippen molar-refractivity contribution in [3.8, 4) is 0 Å². The molecule has 5 heteroatoms. The molecule has 1 aliphatic rings. The van der Waals surface area contributed by atoms with Crippen LogP contribution in [0.1, 0.15) is 12.2 Å². The summed E-state index contributed by atoms with van der Waals surface area (Å²) in [7, 11) is 0. The summed E-state index contributed by atoms with van der Waals surface area (Å²) in [5.74, 6) is 1.97. The molecule has 2 heterocycles. The van der Waals surface area contributed by atoms with E-state index in [2.05, 4.69) is 14.9 Å². The van der Waals surface area contributed by atoms with Gasteiger partial charge in [0.2, 0.25) is 0 Å². The molecule has 100 valence electrons. The van der Waals surface area contributed by atoms with Crippen molar-refractivity contribution in [2.45, 2.75) is 13.0 Å². The summed E-state index contributed by atoms with van der Waals surface area (Å²) in [5, 5.41) is 0.924. The van der Waals surface area contributed by atoms with Crippen LogP contribution in [-0.4, -0.2) is 34.5 Å². The lowest BCUT2D eigenvalue weighted by Gasteiger charge is -2.15. The van der Waals surface area contributed by atoms with Crippen LogP contribution < -0.4 is 11.5 Å². The summed E-state index contributed by atoms with van der Waals surface area (Å²) in [6, 6.07) is 7.85. The second-order valence-electron chi connectivity index (χ2n) is 5.17. The fourth-order valence-electron chi connectivity index (χ4n) is 2.67. The van der Waals surface area contributed by atoms with Crippen LogP contribution in [0, 0.1) is 5.92 Å². The van der Waals surface area contributed by atoms with Crippen molar-refractivity contribution in [1.29, 1.82) is 0 Å². The topological polar surface area (TPSA) is 81.1 Å². The summed E-state index contributed by atoms with van der Waals surface area (Å²) in [4.78, 5) is 11.3. The van der Waals surface area contributed by atoms with Gasteiger partial charge in [0.15, 0.2) is 0 Å². The Morgan fingerprint density at radius 3 is 2.89 bits per heavy atom. The van der Waals surface area contributed by atoms with Crippen LogP contribution in [-0.2, 0) is 6.54 Å². The van der Waals surface area contributed by atoms with Gasteiger partial charge in [-0.05, 0) is 37.6 Å². The fraction of sp³-hybridized carbons (Fsp3) is 0.429. The number of rotatable bonds is 3. The summed E-state index contributed by atoms with van der Waals surface area (Å²) in [6.07, 6.45) is 1.17. The summed E-state index contributed by atoms with van der Waals surface area (Å²) in [6.45, 7) is 3.62. The average molecular weight is 257 g/mol. The fourth-order valence-corrected chi connectivity index (χ4v) is 2.67. The number of aromatic nitrogens is 2. The number of fused-ring (bicyclic) bond motifs is 1. The van der Waals surface area contributed by atoms with Crippen molar-refractivity contribution in [2.24, 2.45) is 11.7 Å². The molecule has 0 amide bonds. The van der Waals surface area contributed by atoms with Gasteiger partial charge in [0, 0.05) is 11.9 Å². The van der Waals surface area contributed by atoms with Crippen LogP contribution in [0.3, 0.4) is 0 Å². The van der Waals surface area contributed by atoms with E-state index in [4.69, 9.17) is 11.5 Å². The SMILES string of the molecule is NCC1CCN(Cc2nc(N)c3ccccc3n2)C1. The van der Waals surface area contributed by atoms with Gasteiger partial charge in [-0.25, -0.2) is 9.97 Å². The number of para-hydroxylation sites is 1. The van der Waals surface area contributed by atoms with Gasteiger partial charge in [-0.2, -0.15) is 0 Å². The van der Waals surface area contributed by atoms with Crippen molar-refractivity contribution in [1.82, 2.24) is 14.9 Å². The number of likely N-dealkylation sites (tertiary alicyclic amines) is 1. The van der Waals surface area contributed by atoms with Crippen LogP contribution in [0.4, 0.5) is 5.82 Å². The molecule has 0 radical (unpaired) electrons. The second-order valence-corrected chi connectivity index (χ2v) is 5.17. The van der Waals surface area contributed by atoms with E-state index in [9.17, 15) is 0 Å². The highest BCUT2D eigenvalue weighted by Crippen LogP contribution is 2.20. The van der Waals surface area contributed by atoms with Gasteiger partial charge in [-0.15, -0.1) is 0 Å². The molecule has 1 aromatic carbocycles. The van der Waals surface area contributed by atoms with Gasteiger partial charge in [0.1, 0.15) is 11.6 Å². The quantitative estimate of drug-likeness (QED) is 0.857. The third-order valence-corrected chi connectivity index (χ3v) is 3.75. The van der Waals surface area contributed by atoms with E-state index >= 15 is 0 Å². The molecule has 1 saturated heterocycles. The van der Waals surface area contributed by atoms with Gasteiger partial charge in [0.25, 0.3) is 0 Å². The maximum atomic E-state index is 6.00. The molecule has 0 saturated carbocycles. The van der Waals surface area contributed by atoms with Crippen molar-refractivity contribution in [3.63, 3.8) is 0 Å². The third kappa shape index (κ3) is 2.52. The number of hydrogen-bond donors (Lipinski definition) is 2. The molecule has 1 unspecified atom stereocenters. The zero-order chi connectivity index (χ0) is 13.2. The Morgan fingerprint density at radius 2 is 2.11 bits per heavy atom. The Bertz CT molecular complexity index is 583. The zero-order valence-corrected chi connectivity index (χ0v) is 10.9. The molecule has 3 rings (SSSR count). The highest BCUT2D eigenvalue weighted by molar-refractivity contribution is 5.87. The van der Waals surface area contributed by atoms with Crippen LogP contribution in [0.5, 0.6) is 0 Å². The highest BCUT2D eigenvalue weighted by atomic mass is 15.2. The molecule has 5 nitrogen and oxygen atoms in total. The van der Waals surface area contributed by atoms with E-state index in [-0.39, 0.29) is 0 Å². The van der Waals surface area contributed by atoms with Gasteiger partial charge >= 0.3 is 0 Å². The molecule has 1 aliphatic heterocycles. The number of nitrogens with two attached hydrogens (primary N) is 2. The third-order valence-electron chi connectivity index (χ3n) is 3.75. The Kier molecular flexibility index (Phi) is 3.31. The van der Waals surface area contributed by atoms with Crippen molar-refractivity contribution in [3.05, 3.63) is 30.1 Å². The minimum atomic E-state index is 0.565. The molecule has 0 aliphatic carbocycles. The molecule has 1 fully saturated rings. The number of nitrogens with zero attached hydrogens (tertiary/aromatic N) is 3. The smallest absolute Gasteiger partial charge is 0.145 e. The summed E-state index contributed by atoms with van der Waals surface area (Å²) < 4.78 is 0. The van der Waals surface area contributed by atoms with Crippen LogP contribution in [0.25, 0.3) is 10.9 Å². The Balaban J connectivity index is 1.82. The lowest BCUT2D eigenvalue weighted by molar-refractivity contribution is 0.310. The zero-order valence-electron chi connectivity index (χ0n) is 10.9. The van der Waals surface area contributed by atoms with E-state index in [1.807, 2.05) is 24.3 Å². The minimum Gasteiger partial charge on any atom is -0.383 e. The Labute approximate surface area is 112 Å². The van der Waals surface area contributed by atoms with Crippen LogP contribution >= 0.6 is 0 Å². The van der Waals surface area contributed by atoms with E-state index in [0.29, 0.717) is 11.7 Å². The minimum absolute atomic E-state index is 0.565. The second kappa shape index (κ2) is 5.11. The number of benzene rings is 1. The highest BCUT2D eigenvalue weighted by Gasteiger charge is 2.22. The molecule has 2 aromatic rings. The molecule has 4 N–H and O–H groups in total. The van der Waals surface area contributed by atoms with Crippen molar-refractivity contribution in [2.75, 3.05) is 25.4 Å². The average Bonchev–Trinajstić information content (AvgIpc) is 2.86. The summed E-state index contributed by atoms with van der Waals surface area (Å²) >= 11 is 0. The molecule has 0 bridgehead atoms. The number of nitrogen functional groups attached to an aromatic ring is 1. The first-order chi connectivity index (χ1) is 9.26. The predicted molar refractivity (Wildman–Crippen MR) is 76.4 cm³/mol. The molecular formula is C14H19N5. The molecule has 1 atom stereocenters. The van der Waals surface area contributed by atoms with Crippen LogP contribution in [0.15, 0.2) is 24.3 Å². The Hall–Kier alpha value is -1.72. The first-order valence-corrected chi connectivity index (χ1v) is 6.70. The molecular weight excluding hydrogens is 238 g/mol. The Morgan fingerprint density at radius 1 is 1.26 bits per heavy atom. The van der Waals surface area contributed by atoms with Gasteiger partial charge in [-0.1, -0.05) is 12.1 Å². The van der Waals surface area contributed by atoms with Gasteiger partial charge in [0.05, 0.1) is 12.1 Å². The molecule has 1 aromatic heterocycles. The number of anilines is 1. The molecule has 0 spiro atoms. The predicted octanol–water partition coefficient (Wildman–Crippen LogP) is 0.993. The number of hydrogen-bond acceptors (Lipinski definition) is 5. The van der Waals surface area contributed by atoms with Crippen molar-refractivity contribution < 1.29 is 0 Å². The lowest BCUT2D eigenvalue weighted by Crippen LogP contribution is -2.24. The van der Waals surface area contributed by atoms with Crippen LogP contribution in [0.2, 0.25) is 0 Å². The first-order valence-electron chi connectivity index (χ1n) is 6.70. The van der Waals surface area contributed by atoms with Gasteiger partial charge in [-0.3, -0.25) is 4.90 Å². The lowest BCUT2D eigenvalue weighted by atomic mass is 10.1. The standard InChI is InChI=1S/C14H19N5/c15-7-10-5-6-19(8-10)9-13-17-12-4-2-1-3-11(12)14(16)18-13/h1-4,10H,5-9,15H2,(H2,16,17,18). The maximum absolute atomic E-state index is 6.00. The van der Waals surface area contributed by atoms with E-state index < -0.39 is 0 Å². The monoisotopic (exact) mass is 257 g/mol. The van der Waals surface area contributed by atoms with Crippen molar-refractivity contribution >= 4 is 16.7 Å².